The van der Waals surface area contributed by atoms with Crippen molar-refractivity contribution in [3.8, 4) is 0 Å². The summed E-state index contributed by atoms with van der Waals surface area (Å²) in [6.07, 6.45) is 5.09. The average molecular weight is 253 g/mol. The largest absolute Gasteiger partial charge is 0.338 e. The van der Waals surface area contributed by atoms with E-state index >= 15 is 0 Å². The van der Waals surface area contributed by atoms with Crippen LogP contribution < -0.4 is 0 Å². The van der Waals surface area contributed by atoms with Crippen molar-refractivity contribution in [1.82, 2.24) is 9.88 Å². The Kier molecular flexibility index (Phi) is 4.00. The lowest BCUT2D eigenvalue weighted by Crippen LogP contribution is -2.29. The molecule has 0 N–H and O–H groups in total. The van der Waals surface area contributed by atoms with Gasteiger partial charge in [0.1, 0.15) is 5.15 Å². The zero-order valence-electron chi connectivity index (χ0n) is 10.0. The van der Waals surface area contributed by atoms with Gasteiger partial charge >= 0.3 is 0 Å². The summed E-state index contributed by atoms with van der Waals surface area (Å²) < 4.78 is 0. The minimum Gasteiger partial charge on any atom is -0.338 e. The van der Waals surface area contributed by atoms with E-state index in [9.17, 15) is 4.79 Å². The van der Waals surface area contributed by atoms with Crippen LogP contribution in [0, 0.1) is 5.92 Å². The molecule has 1 atom stereocenters. The number of likely N-dealkylation sites (tertiary alicyclic amines) is 1. The normalized spacial score (nSPS) is 19.6. The quantitative estimate of drug-likeness (QED) is 0.775. The molecule has 4 heteroatoms. The van der Waals surface area contributed by atoms with Gasteiger partial charge in [0.25, 0.3) is 5.91 Å². The van der Waals surface area contributed by atoms with Crippen LogP contribution >= 0.6 is 11.6 Å². The Morgan fingerprint density at radius 2 is 2.47 bits per heavy atom. The monoisotopic (exact) mass is 252 g/mol. The molecular formula is C13H17ClN2O. The molecule has 2 heterocycles. The molecule has 92 valence electrons. The number of halogens is 1. The van der Waals surface area contributed by atoms with E-state index in [-0.39, 0.29) is 5.91 Å². The second kappa shape index (κ2) is 5.50. The van der Waals surface area contributed by atoms with Crippen LogP contribution in [0.25, 0.3) is 0 Å². The molecule has 1 aliphatic rings. The van der Waals surface area contributed by atoms with Crippen LogP contribution in [0.1, 0.15) is 36.5 Å². The number of carbonyl (C=O) groups excluding carboxylic acids is 1. The van der Waals surface area contributed by atoms with Crippen LogP contribution in [0.15, 0.2) is 18.3 Å². The smallest absolute Gasteiger partial charge is 0.256 e. The van der Waals surface area contributed by atoms with Gasteiger partial charge in [-0.15, -0.1) is 0 Å². The van der Waals surface area contributed by atoms with Crippen LogP contribution in [0.5, 0.6) is 0 Å². The highest BCUT2D eigenvalue weighted by molar-refractivity contribution is 6.32. The number of rotatable bonds is 3. The number of hydrogen-bond acceptors (Lipinski definition) is 2. The number of hydrogen-bond donors (Lipinski definition) is 0. The molecule has 0 spiro atoms. The summed E-state index contributed by atoms with van der Waals surface area (Å²) in [5.74, 6) is 0.668. The van der Waals surface area contributed by atoms with Crippen LogP contribution in [0.4, 0.5) is 0 Å². The van der Waals surface area contributed by atoms with Crippen molar-refractivity contribution in [2.75, 3.05) is 13.1 Å². The molecule has 0 aromatic carbocycles. The van der Waals surface area contributed by atoms with Gasteiger partial charge in [-0.3, -0.25) is 4.79 Å². The second-order valence-corrected chi connectivity index (χ2v) is 4.89. The number of nitrogens with zero attached hydrogens (tertiary/aromatic N) is 2. The number of carbonyl (C=O) groups is 1. The second-order valence-electron chi connectivity index (χ2n) is 4.54. The van der Waals surface area contributed by atoms with E-state index in [1.165, 1.54) is 12.8 Å². The van der Waals surface area contributed by atoms with Crippen molar-refractivity contribution in [2.45, 2.75) is 26.2 Å². The topological polar surface area (TPSA) is 33.2 Å². The summed E-state index contributed by atoms with van der Waals surface area (Å²) in [6, 6.07) is 3.49. The van der Waals surface area contributed by atoms with Gasteiger partial charge in [0.05, 0.1) is 5.56 Å². The molecule has 17 heavy (non-hydrogen) atoms. The third-order valence-corrected chi connectivity index (χ3v) is 3.56. The van der Waals surface area contributed by atoms with E-state index in [0.29, 0.717) is 16.6 Å². The van der Waals surface area contributed by atoms with Gasteiger partial charge < -0.3 is 4.90 Å². The predicted molar refractivity (Wildman–Crippen MR) is 68.2 cm³/mol. The van der Waals surface area contributed by atoms with Crippen molar-refractivity contribution in [3.05, 3.63) is 29.0 Å². The minimum atomic E-state index is 0.0155. The fourth-order valence-electron chi connectivity index (χ4n) is 2.38. The first-order chi connectivity index (χ1) is 8.22. The maximum Gasteiger partial charge on any atom is 0.256 e. The van der Waals surface area contributed by atoms with E-state index in [0.717, 1.165) is 19.5 Å². The molecule has 1 aromatic rings. The number of amides is 1. The van der Waals surface area contributed by atoms with Crippen LogP contribution in [-0.4, -0.2) is 28.9 Å². The van der Waals surface area contributed by atoms with Crippen LogP contribution in [0.3, 0.4) is 0 Å². The number of aromatic nitrogens is 1. The first-order valence-electron chi connectivity index (χ1n) is 6.12. The molecule has 1 amide bonds. The summed E-state index contributed by atoms with van der Waals surface area (Å²) in [7, 11) is 0. The minimum absolute atomic E-state index is 0.0155. The molecule has 1 aliphatic heterocycles. The highest BCUT2D eigenvalue weighted by Crippen LogP contribution is 2.24. The third kappa shape index (κ3) is 2.78. The maximum atomic E-state index is 12.2. The van der Waals surface area contributed by atoms with Gasteiger partial charge in [-0.1, -0.05) is 24.9 Å². The Morgan fingerprint density at radius 1 is 1.65 bits per heavy atom. The predicted octanol–water partition coefficient (Wildman–Crippen LogP) is 3.00. The van der Waals surface area contributed by atoms with Crippen molar-refractivity contribution >= 4 is 17.5 Å². The van der Waals surface area contributed by atoms with E-state index < -0.39 is 0 Å². The maximum absolute atomic E-state index is 12.2. The fraction of sp³-hybridized carbons (Fsp3) is 0.538. The van der Waals surface area contributed by atoms with Gasteiger partial charge in [0.15, 0.2) is 0 Å². The van der Waals surface area contributed by atoms with E-state index in [1.807, 2.05) is 4.90 Å². The molecule has 1 aromatic heterocycles. The molecule has 1 fully saturated rings. The van der Waals surface area contributed by atoms with E-state index in [2.05, 4.69) is 11.9 Å². The SMILES string of the molecule is CCCC1CCN(C(=O)c2cccnc2Cl)C1. The van der Waals surface area contributed by atoms with Gasteiger partial charge in [-0.05, 0) is 30.9 Å². The highest BCUT2D eigenvalue weighted by Gasteiger charge is 2.27. The molecule has 1 saturated heterocycles. The summed E-state index contributed by atoms with van der Waals surface area (Å²) >= 11 is 5.94. The third-order valence-electron chi connectivity index (χ3n) is 3.26. The molecule has 0 radical (unpaired) electrons. The Bertz CT molecular complexity index is 408. The first-order valence-corrected chi connectivity index (χ1v) is 6.50. The summed E-state index contributed by atoms with van der Waals surface area (Å²) in [4.78, 5) is 18.1. The van der Waals surface area contributed by atoms with Gasteiger partial charge in [0, 0.05) is 19.3 Å². The zero-order chi connectivity index (χ0) is 12.3. The first kappa shape index (κ1) is 12.4. The summed E-state index contributed by atoms with van der Waals surface area (Å²) in [5, 5.41) is 0.302. The van der Waals surface area contributed by atoms with E-state index in [4.69, 9.17) is 11.6 Å². The molecule has 2 rings (SSSR count). The Labute approximate surface area is 107 Å². The van der Waals surface area contributed by atoms with Crippen molar-refractivity contribution in [3.63, 3.8) is 0 Å². The molecule has 3 nitrogen and oxygen atoms in total. The molecule has 0 saturated carbocycles. The summed E-state index contributed by atoms with van der Waals surface area (Å²) in [6.45, 7) is 3.88. The lowest BCUT2D eigenvalue weighted by Gasteiger charge is -2.16. The van der Waals surface area contributed by atoms with Gasteiger partial charge in [-0.2, -0.15) is 0 Å². The van der Waals surface area contributed by atoms with Gasteiger partial charge in [0.2, 0.25) is 0 Å². The van der Waals surface area contributed by atoms with Crippen LogP contribution in [0.2, 0.25) is 5.15 Å². The Balaban J connectivity index is 2.05. The van der Waals surface area contributed by atoms with Crippen LogP contribution in [-0.2, 0) is 0 Å². The Hall–Kier alpha value is -1.09. The van der Waals surface area contributed by atoms with Gasteiger partial charge in [-0.25, -0.2) is 4.98 Å². The average Bonchev–Trinajstić information content (AvgIpc) is 2.78. The van der Waals surface area contributed by atoms with E-state index in [1.54, 1.807) is 18.3 Å². The zero-order valence-corrected chi connectivity index (χ0v) is 10.8. The van der Waals surface area contributed by atoms with Crippen molar-refractivity contribution < 1.29 is 4.79 Å². The Morgan fingerprint density at radius 3 is 3.18 bits per heavy atom. The molecule has 1 unspecified atom stereocenters. The number of pyridine rings is 1. The summed E-state index contributed by atoms with van der Waals surface area (Å²) in [5.41, 5.74) is 0.520. The van der Waals surface area contributed by atoms with Crippen molar-refractivity contribution in [1.29, 1.82) is 0 Å². The lowest BCUT2D eigenvalue weighted by molar-refractivity contribution is 0.0786. The standard InChI is InChI=1S/C13H17ClN2O/c1-2-4-10-6-8-16(9-10)13(17)11-5-3-7-15-12(11)14/h3,5,7,10H,2,4,6,8-9H2,1H3. The fourth-order valence-corrected chi connectivity index (χ4v) is 2.58. The van der Waals surface area contributed by atoms with Crippen molar-refractivity contribution in [2.24, 2.45) is 5.92 Å². The molecule has 0 aliphatic carbocycles. The lowest BCUT2D eigenvalue weighted by atomic mass is 10.0. The molecular weight excluding hydrogens is 236 g/mol. The highest BCUT2D eigenvalue weighted by atomic mass is 35.5. The molecule has 0 bridgehead atoms.